The van der Waals surface area contributed by atoms with Gasteiger partial charge in [-0.15, -0.1) is 0 Å². The largest absolute Gasteiger partial charge is 0.465 e. The molecule has 1 aromatic heterocycles. The topological polar surface area (TPSA) is 54.5 Å². The summed E-state index contributed by atoms with van der Waals surface area (Å²) < 4.78 is 4.67. The summed E-state index contributed by atoms with van der Waals surface area (Å²) in [6, 6.07) is 3.70. The molecule has 0 amide bonds. The summed E-state index contributed by atoms with van der Waals surface area (Å²) in [6.45, 7) is 7.44. The number of methoxy groups -OCH3 is 1. The third kappa shape index (κ3) is 4.79. The number of carbonyl (C=O) groups is 1. The highest BCUT2D eigenvalue weighted by atomic mass is 16.5. The van der Waals surface area contributed by atoms with Gasteiger partial charge in [0.25, 0.3) is 0 Å². The highest BCUT2D eigenvalue weighted by Gasteiger charge is 2.19. The SMILES string of the molecule is CCNCC1CCN(Cc2ccc(C(=O)OC)cn2)CC1. The molecule has 0 aliphatic carbocycles. The lowest BCUT2D eigenvalue weighted by Gasteiger charge is -2.31. The van der Waals surface area contributed by atoms with Gasteiger partial charge in [0.05, 0.1) is 18.4 Å². The first-order valence-corrected chi connectivity index (χ1v) is 7.69. The highest BCUT2D eigenvalue weighted by Crippen LogP contribution is 2.18. The second-order valence-corrected chi connectivity index (χ2v) is 5.56. The van der Waals surface area contributed by atoms with E-state index in [0.29, 0.717) is 5.56 Å². The molecular formula is C16H25N3O2. The monoisotopic (exact) mass is 291 g/mol. The number of ether oxygens (including phenoxy) is 1. The Bertz CT molecular complexity index is 439. The van der Waals surface area contributed by atoms with Crippen LogP contribution in [-0.2, 0) is 11.3 Å². The lowest BCUT2D eigenvalue weighted by molar-refractivity contribution is 0.0600. The number of piperidine rings is 1. The number of hydrogen-bond donors (Lipinski definition) is 1. The van der Waals surface area contributed by atoms with Crippen LogP contribution < -0.4 is 5.32 Å². The molecule has 2 rings (SSSR count). The lowest BCUT2D eigenvalue weighted by atomic mass is 9.96. The number of carbonyl (C=O) groups excluding carboxylic acids is 1. The number of nitrogens with one attached hydrogen (secondary N) is 1. The minimum atomic E-state index is -0.335. The Morgan fingerprint density at radius 2 is 2.19 bits per heavy atom. The Hall–Kier alpha value is -1.46. The van der Waals surface area contributed by atoms with Gasteiger partial charge in [-0.2, -0.15) is 0 Å². The van der Waals surface area contributed by atoms with E-state index in [1.165, 1.54) is 20.0 Å². The second-order valence-electron chi connectivity index (χ2n) is 5.56. The van der Waals surface area contributed by atoms with Gasteiger partial charge in [0.2, 0.25) is 0 Å². The van der Waals surface area contributed by atoms with E-state index in [1.54, 1.807) is 12.3 Å². The molecule has 0 atom stereocenters. The maximum atomic E-state index is 11.4. The predicted octanol–water partition coefficient (Wildman–Crippen LogP) is 1.69. The van der Waals surface area contributed by atoms with Crippen LogP contribution in [0.3, 0.4) is 0 Å². The standard InChI is InChI=1S/C16H25N3O2/c1-3-17-10-13-6-8-19(9-7-13)12-15-5-4-14(11-18-15)16(20)21-2/h4-5,11,13,17H,3,6-10,12H2,1-2H3. The van der Waals surface area contributed by atoms with Crippen molar-refractivity contribution in [1.29, 1.82) is 0 Å². The molecule has 1 aliphatic heterocycles. The fourth-order valence-corrected chi connectivity index (χ4v) is 2.68. The predicted molar refractivity (Wildman–Crippen MR) is 82.1 cm³/mol. The number of pyridine rings is 1. The van der Waals surface area contributed by atoms with Crippen molar-refractivity contribution in [3.63, 3.8) is 0 Å². The first kappa shape index (κ1) is 15.9. The number of aromatic nitrogens is 1. The van der Waals surface area contributed by atoms with Crippen molar-refractivity contribution < 1.29 is 9.53 Å². The average molecular weight is 291 g/mol. The Morgan fingerprint density at radius 3 is 2.76 bits per heavy atom. The van der Waals surface area contributed by atoms with Crippen molar-refractivity contribution in [2.24, 2.45) is 5.92 Å². The second kappa shape index (κ2) is 8.10. The molecule has 0 saturated carbocycles. The normalized spacial score (nSPS) is 16.9. The van der Waals surface area contributed by atoms with Crippen LogP contribution in [0.1, 0.15) is 35.8 Å². The van der Waals surface area contributed by atoms with E-state index in [4.69, 9.17) is 0 Å². The fourth-order valence-electron chi connectivity index (χ4n) is 2.68. The molecule has 5 heteroatoms. The van der Waals surface area contributed by atoms with Crippen molar-refractivity contribution in [2.75, 3.05) is 33.3 Å². The molecule has 5 nitrogen and oxygen atoms in total. The van der Waals surface area contributed by atoms with Crippen LogP contribution in [0, 0.1) is 5.92 Å². The van der Waals surface area contributed by atoms with Crippen LogP contribution in [0.15, 0.2) is 18.3 Å². The molecule has 1 aromatic rings. The summed E-state index contributed by atoms with van der Waals surface area (Å²) in [4.78, 5) is 18.1. The fraction of sp³-hybridized carbons (Fsp3) is 0.625. The molecule has 1 saturated heterocycles. The van der Waals surface area contributed by atoms with E-state index in [0.717, 1.165) is 44.3 Å². The first-order chi connectivity index (χ1) is 10.2. The van der Waals surface area contributed by atoms with Crippen molar-refractivity contribution in [2.45, 2.75) is 26.3 Å². The first-order valence-electron chi connectivity index (χ1n) is 7.69. The zero-order valence-corrected chi connectivity index (χ0v) is 13.0. The lowest BCUT2D eigenvalue weighted by Crippen LogP contribution is -2.37. The van der Waals surface area contributed by atoms with E-state index >= 15 is 0 Å². The van der Waals surface area contributed by atoms with Crippen molar-refractivity contribution in [3.8, 4) is 0 Å². The van der Waals surface area contributed by atoms with E-state index < -0.39 is 0 Å². The molecule has 2 heterocycles. The van der Waals surface area contributed by atoms with Crippen LogP contribution in [0.2, 0.25) is 0 Å². The number of hydrogen-bond acceptors (Lipinski definition) is 5. The summed E-state index contributed by atoms with van der Waals surface area (Å²) in [5, 5.41) is 3.43. The number of likely N-dealkylation sites (tertiary alicyclic amines) is 1. The smallest absolute Gasteiger partial charge is 0.339 e. The Kier molecular flexibility index (Phi) is 6.14. The van der Waals surface area contributed by atoms with E-state index in [1.807, 2.05) is 6.07 Å². The Morgan fingerprint density at radius 1 is 1.43 bits per heavy atom. The van der Waals surface area contributed by atoms with E-state index in [9.17, 15) is 4.79 Å². The maximum Gasteiger partial charge on any atom is 0.339 e. The van der Waals surface area contributed by atoms with Gasteiger partial charge in [0.15, 0.2) is 0 Å². The van der Waals surface area contributed by atoms with Gasteiger partial charge in [-0.05, 0) is 57.1 Å². The third-order valence-corrected chi connectivity index (χ3v) is 4.02. The molecule has 0 bridgehead atoms. The van der Waals surface area contributed by atoms with Gasteiger partial charge in [-0.3, -0.25) is 9.88 Å². The van der Waals surface area contributed by atoms with E-state index in [-0.39, 0.29) is 5.97 Å². The van der Waals surface area contributed by atoms with Crippen LogP contribution in [0.25, 0.3) is 0 Å². The summed E-state index contributed by atoms with van der Waals surface area (Å²) in [7, 11) is 1.38. The molecule has 0 unspecified atom stereocenters. The van der Waals surface area contributed by atoms with Crippen LogP contribution in [0.4, 0.5) is 0 Å². The maximum absolute atomic E-state index is 11.4. The zero-order chi connectivity index (χ0) is 15.1. The number of rotatable bonds is 6. The van der Waals surface area contributed by atoms with Gasteiger partial charge >= 0.3 is 5.97 Å². The summed E-state index contributed by atoms with van der Waals surface area (Å²) >= 11 is 0. The molecule has 1 N–H and O–H groups in total. The highest BCUT2D eigenvalue weighted by molar-refractivity contribution is 5.88. The van der Waals surface area contributed by atoms with Gasteiger partial charge < -0.3 is 10.1 Å². The summed E-state index contributed by atoms with van der Waals surface area (Å²) in [5.74, 6) is 0.467. The van der Waals surface area contributed by atoms with Crippen LogP contribution in [0.5, 0.6) is 0 Å². The molecule has 1 aliphatic rings. The summed E-state index contributed by atoms with van der Waals surface area (Å²) in [6.07, 6.45) is 4.08. The molecule has 1 fully saturated rings. The molecule has 116 valence electrons. The zero-order valence-electron chi connectivity index (χ0n) is 13.0. The number of esters is 1. The molecule has 0 spiro atoms. The molecule has 0 radical (unpaired) electrons. The van der Waals surface area contributed by atoms with Gasteiger partial charge in [0.1, 0.15) is 0 Å². The van der Waals surface area contributed by atoms with Crippen LogP contribution in [-0.4, -0.2) is 49.1 Å². The van der Waals surface area contributed by atoms with Crippen molar-refractivity contribution in [3.05, 3.63) is 29.6 Å². The quantitative estimate of drug-likeness (QED) is 0.808. The molecule has 21 heavy (non-hydrogen) atoms. The van der Waals surface area contributed by atoms with Gasteiger partial charge in [-0.1, -0.05) is 6.92 Å². The summed E-state index contributed by atoms with van der Waals surface area (Å²) in [5.41, 5.74) is 1.51. The third-order valence-electron chi connectivity index (χ3n) is 4.02. The molecule has 0 aromatic carbocycles. The average Bonchev–Trinajstić information content (AvgIpc) is 2.54. The van der Waals surface area contributed by atoms with Crippen molar-refractivity contribution in [1.82, 2.24) is 15.2 Å². The van der Waals surface area contributed by atoms with Gasteiger partial charge in [-0.25, -0.2) is 4.79 Å². The van der Waals surface area contributed by atoms with E-state index in [2.05, 4.69) is 26.9 Å². The number of nitrogens with zero attached hydrogens (tertiary/aromatic N) is 2. The Balaban J connectivity index is 1.79. The van der Waals surface area contributed by atoms with Crippen molar-refractivity contribution >= 4 is 5.97 Å². The minimum Gasteiger partial charge on any atom is -0.465 e. The van der Waals surface area contributed by atoms with Gasteiger partial charge in [0, 0.05) is 12.7 Å². The van der Waals surface area contributed by atoms with Crippen LogP contribution >= 0.6 is 0 Å². The minimum absolute atomic E-state index is 0.335. The molecular weight excluding hydrogens is 266 g/mol. The Labute approximate surface area is 126 Å².